The monoisotopic (exact) mass is 225 g/mol. The molecular formula is C10H15N3O3. The third-order valence-electron chi connectivity index (χ3n) is 2.84. The van der Waals surface area contributed by atoms with E-state index in [-0.39, 0.29) is 12.3 Å². The predicted molar refractivity (Wildman–Crippen MR) is 54.6 cm³/mol. The zero-order chi connectivity index (χ0) is 11.4. The average Bonchev–Trinajstić information content (AvgIpc) is 2.70. The van der Waals surface area contributed by atoms with Gasteiger partial charge in [-0.05, 0) is 25.3 Å². The molecule has 2 heterocycles. The van der Waals surface area contributed by atoms with E-state index in [2.05, 4.69) is 19.6 Å². The Bertz CT molecular complexity index is 339. The first-order valence-corrected chi connectivity index (χ1v) is 5.43. The fourth-order valence-electron chi connectivity index (χ4n) is 2.17. The Kier molecular flexibility index (Phi) is 3.51. The number of carboxylic acid groups (broad SMARTS) is 1. The molecule has 1 unspecified atom stereocenters. The Balaban J connectivity index is 1.84. The van der Waals surface area contributed by atoms with Crippen molar-refractivity contribution in [3.05, 3.63) is 12.2 Å². The third-order valence-corrected chi connectivity index (χ3v) is 2.84. The number of carboxylic acids is 1. The van der Waals surface area contributed by atoms with Crippen LogP contribution in [0.15, 0.2) is 10.9 Å². The summed E-state index contributed by atoms with van der Waals surface area (Å²) in [5.74, 6) is 0.195. The molecule has 1 aliphatic rings. The average molecular weight is 225 g/mol. The molecule has 0 aromatic carbocycles. The Hall–Kier alpha value is -1.43. The summed E-state index contributed by atoms with van der Waals surface area (Å²) in [5.41, 5.74) is 0. The number of nitrogens with zero attached hydrogens (tertiary/aromatic N) is 3. The van der Waals surface area contributed by atoms with E-state index in [1.165, 1.54) is 6.39 Å². The number of piperidine rings is 1. The number of carbonyl (C=O) groups is 1. The quantitative estimate of drug-likeness (QED) is 0.814. The highest BCUT2D eigenvalue weighted by Crippen LogP contribution is 2.20. The van der Waals surface area contributed by atoms with Crippen molar-refractivity contribution < 1.29 is 14.4 Å². The highest BCUT2D eigenvalue weighted by atomic mass is 16.5. The van der Waals surface area contributed by atoms with Crippen molar-refractivity contribution in [1.29, 1.82) is 0 Å². The summed E-state index contributed by atoms with van der Waals surface area (Å²) in [7, 11) is 0. The van der Waals surface area contributed by atoms with Crippen molar-refractivity contribution in [2.45, 2.75) is 25.8 Å². The van der Waals surface area contributed by atoms with Gasteiger partial charge in [0.05, 0.1) is 6.54 Å². The molecule has 1 aromatic heterocycles. The third kappa shape index (κ3) is 3.03. The molecule has 1 atom stereocenters. The lowest BCUT2D eigenvalue weighted by Gasteiger charge is -2.30. The molecule has 0 bridgehead atoms. The number of hydrogen-bond acceptors (Lipinski definition) is 5. The van der Waals surface area contributed by atoms with E-state index in [0.29, 0.717) is 12.4 Å². The van der Waals surface area contributed by atoms with Crippen molar-refractivity contribution in [3.63, 3.8) is 0 Å². The summed E-state index contributed by atoms with van der Waals surface area (Å²) in [6.45, 7) is 2.43. The van der Waals surface area contributed by atoms with Gasteiger partial charge in [0, 0.05) is 13.0 Å². The molecule has 1 aromatic rings. The van der Waals surface area contributed by atoms with Gasteiger partial charge in [0.2, 0.25) is 6.39 Å². The molecule has 16 heavy (non-hydrogen) atoms. The maximum absolute atomic E-state index is 10.6. The maximum atomic E-state index is 10.6. The minimum Gasteiger partial charge on any atom is -0.481 e. The summed E-state index contributed by atoms with van der Waals surface area (Å²) in [6, 6.07) is 0. The van der Waals surface area contributed by atoms with Gasteiger partial charge in [0.25, 0.3) is 0 Å². The van der Waals surface area contributed by atoms with E-state index in [1.807, 2.05) is 0 Å². The van der Waals surface area contributed by atoms with E-state index in [1.54, 1.807) is 0 Å². The van der Waals surface area contributed by atoms with E-state index in [4.69, 9.17) is 5.11 Å². The molecule has 1 aliphatic heterocycles. The minimum atomic E-state index is -0.716. The second-order valence-corrected chi connectivity index (χ2v) is 4.19. The molecule has 2 rings (SSSR count). The van der Waals surface area contributed by atoms with Gasteiger partial charge < -0.3 is 9.63 Å². The molecule has 0 aliphatic carbocycles. The van der Waals surface area contributed by atoms with Crippen LogP contribution in [0.4, 0.5) is 0 Å². The van der Waals surface area contributed by atoms with E-state index in [9.17, 15) is 4.79 Å². The lowest BCUT2D eigenvalue weighted by molar-refractivity contribution is -0.138. The Morgan fingerprint density at radius 1 is 1.69 bits per heavy atom. The van der Waals surface area contributed by atoms with Crippen molar-refractivity contribution in [1.82, 2.24) is 15.0 Å². The van der Waals surface area contributed by atoms with Crippen LogP contribution >= 0.6 is 0 Å². The smallest absolute Gasteiger partial charge is 0.303 e. The largest absolute Gasteiger partial charge is 0.481 e. The van der Waals surface area contributed by atoms with Gasteiger partial charge in [-0.15, -0.1) is 0 Å². The first-order chi connectivity index (χ1) is 7.74. The van der Waals surface area contributed by atoms with Crippen LogP contribution in [0.25, 0.3) is 0 Å². The summed E-state index contributed by atoms with van der Waals surface area (Å²) < 4.78 is 4.67. The molecule has 88 valence electrons. The number of aliphatic carboxylic acids is 1. The molecule has 0 spiro atoms. The molecule has 6 nitrogen and oxygen atoms in total. The summed E-state index contributed by atoms with van der Waals surface area (Å²) in [6.07, 6.45) is 3.60. The Labute approximate surface area is 93.2 Å². The van der Waals surface area contributed by atoms with Crippen molar-refractivity contribution in [2.24, 2.45) is 5.92 Å². The molecule has 1 N–H and O–H groups in total. The summed E-state index contributed by atoms with van der Waals surface area (Å²) in [4.78, 5) is 16.8. The predicted octanol–water partition coefficient (Wildman–Crippen LogP) is 0.756. The van der Waals surface area contributed by atoms with Gasteiger partial charge in [-0.2, -0.15) is 4.98 Å². The molecular weight excluding hydrogens is 210 g/mol. The summed E-state index contributed by atoms with van der Waals surface area (Å²) in [5, 5.41) is 12.5. The standard InChI is InChI=1S/C10H15N3O3/c14-10(15)4-8-2-1-3-13(5-8)6-9-11-7-16-12-9/h7-8H,1-6H2,(H,14,15). The number of aromatic nitrogens is 2. The van der Waals surface area contributed by atoms with Crippen LogP contribution in [-0.4, -0.2) is 39.2 Å². The highest BCUT2D eigenvalue weighted by Gasteiger charge is 2.22. The molecule has 1 fully saturated rings. The van der Waals surface area contributed by atoms with Crippen LogP contribution < -0.4 is 0 Å². The zero-order valence-corrected chi connectivity index (χ0v) is 9.00. The fraction of sp³-hybridized carbons (Fsp3) is 0.700. The fourth-order valence-corrected chi connectivity index (χ4v) is 2.17. The number of rotatable bonds is 4. The van der Waals surface area contributed by atoms with Gasteiger partial charge in [-0.25, -0.2) is 0 Å². The second kappa shape index (κ2) is 5.07. The lowest BCUT2D eigenvalue weighted by Crippen LogP contribution is -2.36. The second-order valence-electron chi connectivity index (χ2n) is 4.19. The number of hydrogen-bond donors (Lipinski definition) is 1. The molecule has 0 saturated carbocycles. The van der Waals surface area contributed by atoms with Crippen LogP contribution in [0.5, 0.6) is 0 Å². The van der Waals surface area contributed by atoms with Crippen molar-refractivity contribution in [2.75, 3.05) is 13.1 Å². The van der Waals surface area contributed by atoms with Gasteiger partial charge in [-0.3, -0.25) is 9.69 Å². The SMILES string of the molecule is O=C(O)CC1CCCN(Cc2ncon2)C1. The number of likely N-dealkylation sites (tertiary alicyclic amines) is 1. The van der Waals surface area contributed by atoms with Gasteiger partial charge in [-0.1, -0.05) is 5.16 Å². The van der Waals surface area contributed by atoms with Gasteiger partial charge in [0.1, 0.15) is 0 Å². The van der Waals surface area contributed by atoms with E-state index in [0.717, 1.165) is 25.9 Å². The maximum Gasteiger partial charge on any atom is 0.303 e. The topological polar surface area (TPSA) is 79.5 Å². The van der Waals surface area contributed by atoms with E-state index < -0.39 is 5.97 Å². The molecule has 0 radical (unpaired) electrons. The zero-order valence-electron chi connectivity index (χ0n) is 9.00. The van der Waals surface area contributed by atoms with Crippen LogP contribution in [0.1, 0.15) is 25.1 Å². The highest BCUT2D eigenvalue weighted by molar-refractivity contribution is 5.67. The van der Waals surface area contributed by atoms with E-state index >= 15 is 0 Å². The Morgan fingerprint density at radius 2 is 2.56 bits per heavy atom. The van der Waals surface area contributed by atoms with Crippen molar-refractivity contribution in [3.8, 4) is 0 Å². The molecule has 0 amide bonds. The molecule has 6 heteroatoms. The lowest BCUT2D eigenvalue weighted by atomic mass is 9.95. The van der Waals surface area contributed by atoms with Crippen LogP contribution in [0.3, 0.4) is 0 Å². The molecule has 1 saturated heterocycles. The van der Waals surface area contributed by atoms with Crippen LogP contribution in [0.2, 0.25) is 0 Å². The van der Waals surface area contributed by atoms with Gasteiger partial charge in [0.15, 0.2) is 5.82 Å². The minimum absolute atomic E-state index is 0.248. The first kappa shape index (κ1) is 11.1. The summed E-state index contributed by atoms with van der Waals surface area (Å²) >= 11 is 0. The first-order valence-electron chi connectivity index (χ1n) is 5.43. The van der Waals surface area contributed by atoms with Crippen LogP contribution in [0, 0.1) is 5.92 Å². The van der Waals surface area contributed by atoms with Crippen molar-refractivity contribution >= 4 is 5.97 Å². The van der Waals surface area contributed by atoms with Crippen LogP contribution in [-0.2, 0) is 11.3 Å². The Morgan fingerprint density at radius 3 is 3.25 bits per heavy atom. The van der Waals surface area contributed by atoms with Gasteiger partial charge >= 0.3 is 5.97 Å². The normalized spacial score (nSPS) is 22.1.